The molecule has 2 nitrogen and oxygen atoms in total. The predicted octanol–water partition coefficient (Wildman–Crippen LogP) is 7.35. The maximum absolute atomic E-state index is 9.59. The van der Waals surface area contributed by atoms with Gasteiger partial charge in [0.25, 0.3) is 0 Å². The van der Waals surface area contributed by atoms with Gasteiger partial charge in [-0.3, -0.25) is 0 Å². The molecule has 27 heavy (non-hydrogen) atoms. The molecule has 0 aliphatic heterocycles. The molecule has 0 fully saturated rings. The van der Waals surface area contributed by atoms with Crippen LogP contribution in [0.15, 0.2) is 36.9 Å². The molecule has 0 aliphatic rings. The summed E-state index contributed by atoms with van der Waals surface area (Å²) in [4.78, 5) is 0. The lowest BCUT2D eigenvalue weighted by Gasteiger charge is -2.50. The zero-order valence-electron chi connectivity index (χ0n) is 19.1. The van der Waals surface area contributed by atoms with Gasteiger partial charge in [0.15, 0.2) is 8.32 Å². The number of allylic oxidation sites excluding steroid dienone is 1. The maximum atomic E-state index is 9.59. The van der Waals surface area contributed by atoms with Crippen molar-refractivity contribution in [3.63, 3.8) is 0 Å². The molecule has 3 atom stereocenters. The Balaban J connectivity index is 3.16. The van der Waals surface area contributed by atoms with Crippen molar-refractivity contribution in [1.29, 1.82) is 0 Å². The van der Waals surface area contributed by atoms with Crippen molar-refractivity contribution < 1.29 is 9.53 Å². The molecule has 0 amide bonds. The van der Waals surface area contributed by atoms with Gasteiger partial charge in [-0.1, -0.05) is 65.5 Å². The molecule has 1 rings (SSSR count). The van der Waals surface area contributed by atoms with E-state index in [2.05, 4.69) is 73.1 Å². The standard InChI is InChI=1S/C23H42O2Si2/c1-11-22(19(5)18(4)20-14-16-21(24)17-15-20)27(9,10)25-23(12-2,13-3)26(6,7)8/h11,14-19,22,24H,1,12-13H2,2-10H3. The molecule has 0 aromatic heterocycles. The normalized spacial score (nSPS) is 16.6. The van der Waals surface area contributed by atoms with E-state index in [1.54, 1.807) is 12.1 Å². The Bertz CT molecular complexity index is 598. The van der Waals surface area contributed by atoms with E-state index in [0.29, 0.717) is 23.1 Å². The summed E-state index contributed by atoms with van der Waals surface area (Å²) in [5.74, 6) is 1.14. The molecule has 0 saturated heterocycles. The Morgan fingerprint density at radius 1 is 1.04 bits per heavy atom. The Hall–Kier alpha value is -0.846. The number of rotatable bonds is 10. The average Bonchev–Trinajstić information content (AvgIpc) is 2.58. The Labute approximate surface area is 170 Å². The summed E-state index contributed by atoms with van der Waals surface area (Å²) in [6.07, 6.45) is 4.32. The van der Waals surface area contributed by atoms with Crippen molar-refractivity contribution in [2.45, 2.75) is 90.0 Å². The third kappa shape index (κ3) is 5.36. The van der Waals surface area contributed by atoms with Crippen molar-refractivity contribution in [3.05, 3.63) is 42.5 Å². The third-order valence-corrected chi connectivity index (χ3v) is 13.8. The lowest BCUT2D eigenvalue weighted by Crippen LogP contribution is -2.59. The molecule has 1 aromatic rings. The van der Waals surface area contributed by atoms with Crippen LogP contribution in [0, 0.1) is 5.92 Å². The van der Waals surface area contributed by atoms with E-state index in [1.807, 2.05) is 12.1 Å². The first kappa shape index (κ1) is 24.2. The van der Waals surface area contributed by atoms with Crippen molar-refractivity contribution in [3.8, 4) is 5.75 Å². The van der Waals surface area contributed by atoms with Crippen molar-refractivity contribution in [2.75, 3.05) is 0 Å². The minimum Gasteiger partial charge on any atom is -0.508 e. The molecule has 4 heteroatoms. The van der Waals surface area contributed by atoms with E-state index < -0.39 is 16.4 Å². The molecule has 0 spiro atoms. The van der Waals surface area contributed by atoms with Gasteiger partial charge < -0.3 is 9.53 Å². The van der Waals surface area contributed by atoms with Gasteiger partial charge in [0, 0.05) is 5.22 Å². The zero-order valence-corrected chi connectivity index (χ0v) is 21.1. The lowest BCUT2D eigenvalue weighted by molar-refractivity contribution is 0.119. The molecular weight excluding hydrogens is 364 g/mol. The minimum atomic E-state index is -2.02. The summed E-state index contributed by atoms with van der Waals surface area (Å²) < 4.78 is 7.16. The van der Waals surface area contributed by atoms with Gasteiger partial charge in [0.2, 0.25) is 0 Å². The highest BCUT2D eigenvalue weighted by Crippen LogP contribution is 2.44. The van der Waals surface area contributed by atoms with Crippen molar-refractivity contribution >= 4 is 16.4 Å². The largest absolute Gasteiger partial charge is 0.508 e. The predicted molar refractivity (Wildman–Crippen MR) is 125 cm³/mol. The molecule has 154 valence electrons. The fraction of sp³-hybridized carbons (Fsp3) is 0.652. The molecular formula is C23H42O2Si2. The average molecular weight is 407 g/mol. The van der Waals surface area contributed by atoms with Gasteiger partial charge in [0.05, 0.1) is 8.07 Å². The van der Waals surface area contributed by atoms with Crippen LogP contribution >= 0.6 is 0 Å². The number of hydrogen-bond acceptors (Lipinski definition) is 2. The van der Waals surface area contributed by atoms with E-state index in [1.165, 1.54) is 5.56 Å². The topological polar surface area (TPSA) is 29.5 Å². The quantitative estimate of drug-likeness (QED) is 0.325. The maximum Gasteiger partial charge on any atom is 0.194 e. The van der Waals surface area contributed by atoms with Gasteiger partial charge in [-0.2, -0.15) is 0 Å². The summed E-state index contributed by atoms with van der Waals surface area (Å²) in [5.41, 5.74) is 1.63. The first-order chi connectivity index (χ1) is 12.3. The molecule has 0 bridgehead atoms. The summed E-state index contributed by atoms with van der Waals surface area (Å²) >= 11 is 0. The van der Waals surface area contributed by atoms with E-state index in [-0.39, 0.29) is 5.22 Å². The highest BCUT2D eigenvalue weighted by Gasteiger charge is 2.48. The number of phenolic OH excluding ortho intramolecular Hbond substituents is 1. The molecule has 0 heterocycles. The Kier molecular flexibility index (Phi) is 8.16. The SMILES string of the molecule is C=CC(C(C)C(C)c1ccc(O)cc1)[Si](C)(C)OC(CC)(CC)[Si](C)(C)C. The molecule has 1 N–H and O–H groups in total. The molecule has 0 aliphatic carbocycles. The summed E-state index contributed by atoms with van der Waals surface area (Å²) in [6.45, 7) is 25.5. The number of phenols is 1. The highest BCUT2D eigenvalue weighted by molar-refractivity contribution is 6.81. The zero-order chi connectivity index (χ0) is 21.0. The van der Waals surface area contributed by atoms with Crippen LogP contribution in [0.1, 0.15) is 52.0 Å². The molecule has 1 aromatic carbocycles. The first-order valence-corrected chi connectivity index (χ1v) is 17.0. The summed E-state index contributed by atoms with van der Waals surface area (Å²) in [6, 6.07) is 7.64. The number of benzene rings is 1. The summed E-state index contributed by atoms with van der Waals surface area (Å²) in [5, 5.41) is 9.63. The number of hydrogen-bond donors (Lipinski definition) is 1. The highest BCUT2D eigenvalue weighted by atomic mass is 28.4. The van der Waals surface area contributed by atoms with Gasteiger partial charge in [-0.05, 0) is 61.0 Å². The van der Waals surface area contributed by atoms with Crippen LogP contribution in [-0.2, 0) is 4.43 Å². The van der Waals surface area contributed by atoms with Crippen LogP contribution in [0.5, 0.6) is 5.75 Å². The van der Waals surface area contributed by atoms with E-state index in [0.717, 1.165) is 12.8 Å². The smallest absolute Gasteiger partial charge is 0.194 e. The fourth-order valence-electron chi connectivity index (χ4n) is 4.70. The van der Waals surface area contributed by atoms with E-state index in [4.69, 9.17) is 4.43 Å². The second-order valence-electron chi connectivity index (χ2n) is 9.66. The summed E-state index contributed by atoms with van der Waals surface area (Å²) in [7, 11) is -3.51. The minimum absolute atomic E-state index is 0.0332. The van der Waals surface area contributed by atoms with Crippen molar-refractivity contribution in [1.82, 2.24) is 0 Å². The Morgan fingerprint density at radius 2 is 1.52 bits per heavy atom. The molecule has 3 unspecified atom stereocenters. The lowest BCUT2D eigenvalue weighted by atomic mass is 9.86. The molecule has 0 saturated carbocycles. The third-order valence-electron chi connectivity index (χ3n) is 6.80. The molecule has 0 radical (unpaired) electrons. The van der Waals surface area contributed by atoms with Gasteiger partial charge in [0.1, 0.15) is 5.75 Å². The van der Waals surface area contributed by atoms with Gasteiger partial charge >= 0.3 is 0 Å². The van der Waals surface area contributed by atoms with Gasteiger partial charge in [-0.25, -0.2) is 0 Å². The van der Waals surface area contributed by atoms with Crippen LogP contribution in [-0.4, -0.2) is 26.7 Å². The van der Waals surface area contributed by atoms with Crippen LogP contribution in [0.2, 0.25) is 38.3 Å². The van der Waals surface area contributed by atoms with Gasteiger partial charge in [-0.15, -0.1) is 6.58 Å². The number of aromatic hydroxyl groups is 1. The van der Waals surface area contributed by atoms with Crippen LogP contribution in [0.4, 0.5) is 0 Å². The monoisotopic (exact) mass is 406 g/mol. The van der Waals surface area contributed by atoms with E-state index >= 15 is 0 Å². The van der Waals surface area contributed by atoms with E-state index in [9.17, 15) is 5.11 Å². The second kappa shape index (κ2) is 9.10. The van der Waals surface area contributed by atoms with Crippen LogP contribution < -0.4 is 0 Å². The van der Waals surface area contributed by atoms with Crippen LogP contribution in [0.3, 0.4) is 0 Å². The van der Waals surface area contributed by atoms with Crippen molar-refractivity contribution in [2.24, 2.45) is 5.92 Å². The van der Waals surface area contributed by atoms with Crippen LogP contribution in [0.25, 0.3) is 0 Å². The fourth-order valence-corrected chi connectivity index (χ4v) is 12.4. The second-order valence-corrected chi connectivity index (χ2v) is 19.1. The Morgan fingerprint density at radius 3 is 1.89 bits per heavy atom. The first-order valence-electron chi connectivity index (χ1n) is 10.5.